The van der Waals surface area contributed by atoms with Gasteiger partial charge in [-0.3, -0.25) is 0 Å². The molecule has 0 atom stereocenters. The molecule has 1 nitrogen and oxygen atoms in total. The molecule has 64 valence electrons. The summed E-state index contributed by atoms with van der Waals surface area (Å²) < 4.78 is 0. The van der Waals surface area contributed by atoms with E-state index < -0.39 is 0 Å². The van der Waals surface area contributed by atoms with Crippen LogP contribution in [-0.2, 0) is 0 Å². The van der Waals surface area contributed by atoms with Gasteiger partial charge in [0.1, 0.15) is 0 Å². The van der Waals surface area contributed by atoms with Crippen molar-refractivity contribution in [2.24, 2.45) is 5.92 Å². The predicted molar refractivity (Wildman–Crippen MR) is 54.4 cm³/mol. The highest BCUT2D eigenvalue weighted by Gasteiger charge is 2.01. The summed E-state index contributed by atoms with van der Waals surface area (Å²) in [5, 5.41) is 0. The van der Waals surface area contributed by atoms with Crippen LogP contribution in [0.3, 0.4) is 0 Å². The smallest absolute Gasteiger partial charge is 0.159 e. The molecule has 0 spiro atoms. The number of rotatable bonds is 5. The van der Waals surface area contributed by atoms with Gasteiger partial charge in [-0.05, 0) is 24.9 Å². The number of hydrogen-bond acceptors (Lipinski definition) is 1. The van der Waals surface area contributed by atoms with Crippen molar-refractivity contribution < 1.29 is 0 Å². The van der Waals surface area contributed by atoms with Gasteiger partial charge >= 0.3 is 0 Å². The third kappa shape index (κ3) is 4.94. The molecule has 11 heavy (non-hydrogen) atoms. The third-order valence-electron chi connectivity index (χ3n) is 1.90. The zero-order chi connectivity index (χ0) is 8.85. The molecule has 0 bridgehead atoms. The summed E-state index contributed by atoms with van der Waals surface area (Å²) in [4.78, 5) is 2.32. The molecular formula is C9H20BN. The maximum atomic E-state index is 3.93. The monoisotopic (exact) mass is 153 g/mol. The van der Waals surface area contributed by atoms with Gasteiger partial charge in [0.15, 0.2) is 7.85 Å². The van der Waals surface area contributed by atoms with E-state index in [1.54, 1.807) is 0 Å². The first-order valence-electron chi connectivity index (χ1n) is 4.48. The van der Waals surface area contributed by atoms with E-state index in [2.05, 4.69) is 40.1 Å². The lowest BCUT2D eigenvalue weighted by molar-refractivity contribution is 0.353. The second-order valence-electron chi connectivity index (χ2n) is 3.50. The molecule has 0 aromatic rings. The van der Waals surface area contributed by atoms with Gasteiger partial charge in [0.25, 0.3) is 0 Å². The van der Waals surface area contributed by atoms with Crippen LogP contribution in [0.15, 0.2) is 12.2 Å². The highest BCUT2D eigenvalue weighted by molar-refractivity contribution is 6.20. The second-order valence-corrected chi connectivity index (χ2v) is 3.50. The van der Waals surface area contributed by atoms with Gasteiger partial charge in [0.05, 0.1) is 0 Å². The van der Waals surface area contributed by atoms with Crippen molar-refractivity contribution in [3.05, 3.63) is 12.2 Å². The molecule has 0 aromatic carbocycles. The van der Waals surface area contributed by atoms with Gasteiger partial charge in [-0.25, -0.2) is 0 Å². The molecule has 0 aliphatic heterocycles. The first-order chi connectivity index (χ1) is 5.07. The van der Waals surface area contributed by atoms with Crippen LogP contribution in [-0.4, -0.2) is 25.8 Å². The Morgan fingerprint density at radius 2 is 2.09 bits per heavy atom. The van der Waals surface area contributed by atoms with Crippen molar-refractivity contribution in [1.29, 1.82) is 0 Å². The Bertz CT molecular complexity index is 121. The Kier molecular flexibility index (Phi) is 5.09. The molecule has 0 unspecified atom stereocenters. The highest BCUT2D eigenvalue weighted by Crippen LogP contribution is 2.04. The first kappa shape index (κ1) is 10.6. The Labute approximate surface area is 71.9 Å². The summed E-state index contributed by atoms with van der Waals surface area (Å²) >= 11 is 0. The van der Waals surface area contributed by atoms with Gasteiger partial charge in [0.2, 0.25) is 0 Å². The van der Waals surface area contributed by atoms with Crippen LogP contribution in [0, 0.1) is 5.92 Å². The minimum absolute atomic E-state index is 0.795. The molecule has 0 N–H and O–H groups in total. The molecular weight excluding hydrogens is 133 g/mol. The molecule has 0 fully saturated rings. The van der Waals surface area contributed by atoms with Gasteiger partial charge in [-0.15, -0.1) is 0 Å². The third-order valence-corrected chi connectivity index (χ3v) is 1.90. The predicted octanol–water partition coefficient (Wildman–Crippen LogP) is 1.46. The van der Waals surface area contributed by atoms with E-state index in [-0.39, 0.29) is 0 Å². The van der Waals surface area contributed by atoms with Crippen LogP contribution < -0.4 is 0 Å². The molecule has 0 rings (SSSR count). The fraction of sp³-hybridized carbons (Fsp3) is 0.778. The largest absolute Gasteiger partial charge is 0.384 e. The van der Waals surface area contributed by atoms with E-state index in [0.717, 1.165) is 19.0 Å². The van der Waals surface area contributed by atoms with Crippen molar-refractivity contribution in [2.75, 3.05) is 13.1 Å². The minimum atomic E-state index is 0.795. The summed E-state index contributed by atoms with van der Waals surface area (Å²) in [6, 6.07) is 0. The average Bonchev–Trinajstić information content (AvgIpc) is 1.87. The van der Waals surface area contributed by atoms with Crippen molar-refractivity contribution in [3.63, 3.8) is 0 Å². The second kappa shape index (κ2) is 5.28. The molecule has 0 amide bonds. The maximum Gasteiger partial charge on any atom is 0.159 e. The lowest BCUT2D eigenvalue weighted by Gasteiger charge is -2.23. The van der Waals surface area contributed by atoms with Crippen molar-refractivity contribution in [2.45, 2.75) is 27.2 Å². The van der Waals surface area contributed by atoms with E-state index in [0.29, 0.717) is 0 Å². The Morgan fingerprint density at radius 3 is 2.36 bits per heavy atom. The Hall–Kier alpha value is -0.395. The fourth-order valence-electron chi connectivity index (χ4n) is 1.03. The summed E-state index contributed by atoms with van der Waals surface area (Å²) in [5.41, 5.74) is 1.19. The van der Waals surface area contributed by atoms with Crippen LogP contribution in [0.25, 0.3) is 0 Å². The number of hydrogen-bond donors (Lipinski definition) is 0. The zero-order valence-electron chi connectivity index (χ0n) is 8.35. The van der Waals surface area contributed by atoms with Crippen molar-refractivity contribution in [1.82, 2.24) is 4.90 Å². The van der Waals surface area contributed by atoms with Gasteiger partial charge in [-0.1, -0.05) is 20.4 Å². The molecule has 0 aromatic heterocycles. The number of nitrogens with zero attached hydrogens (tertiary/aromatic N) is 1. The molecule has 0 saturated heterocycles. The van der Waals surface area contributed by atoms with Crippen LogP contribution in [0.1, 0.15) is 27.2 Å². The van der Waals surface area contributed by atoms with Crippen LogP contribution in [0.4, 0.5) is 0 Å². The van der Waals surface area contributed by atoms with E-state index in [9.17, 15) is 0 Å². The molecule has 0 aliphatic rings. The zero-order valence-corrected chi connectivity index (χ0v) is 8.35. The molecule has 0 saturated carbocycles. The highest BCUT2D eigenvalue weighted by atomic mass is 15.1. The van der Waals surface area contributed by atoms with Crippen molar-refractivity contribution >= 4 is 7.85 Å². The standard InChI is InChI=1S/C9H20BN/c1-5-11(9(4)10)7-6-8(2)3/h8H,4-7,10H2,1-3H3. The molecule has 0 heterocycles. The molecule has 2 heteroatoms. The van der Waals surface area contributed by atoms with E-state index in [1.807, 2.05) is 0 Å². The van der Waals surface area contributed by atoms with E-state index >= 15 is 0 Å². The summed E-state index contributed by atoms with van der Waals surface area (Å²) in [6.45, 7) is 12.9. The summed E-state index contributed by atoms with van der Waals surface area (Å²) in [6.07, 6.45) is 1.26. The maximum absolute atomic E-state index is 3.93. The van der Waals surface area contributed by atoms with Gasteiger partial charge < -0.3 is 4.90 Å². The lowest BCUT2D eigenvalue weighted by Crippen LogP contribution is -2.24. The molecule has 0 radical (unpaired) electrons. The Balaban J connectivity index is 3.61. The van der Waals surface area contributed by atoms with E-state index in [1.165, 1.54) is 12.0 Å². The Morgan fingerprint density at radius 1 is 1.55 bits per heavy atom. The summed E-state index contributed by atoms with van der Waals surface area (Å²) in [7, 11) is 2.07. The quantitative estimate of drug-likeness (QED) is 0.540. The van der Waals surface area contributed by atoms with Crippen molar-refractivity contribution in [3.8, 4) is 0 Å². The minimum Gasteiger partial charge on any atom is -0.384 e. The van der Waals surface area contributed by atoms with Gasteiger partial charge in [0, 0.05) is 13.1 Å². The van der Waals surface area contributed by atoms with Crippen LogP contribution >= 0.6 is 0 Å². The normalized spacial score (nSPS) is 10.2. The summed E-state index contributed by atoms with van der Waals surface area (Å²) in [5.74, 6) is 0.795. The fourth-order valence-corrected chi connectivity index (χ4v) is 1.03. The SMILES string of the molecule is BC(=C)N(CC)CCC(C)C. The average molecular weight is 153 g/mol. The first-order valence-corrected chi connectivity index (χ1v) is 4.48. The van der Waals surface area contributed by atoms with Crippen LogP contribution in [0.2, 0.25) is 0 Å². The molecule has 0 aliphatic carbocycles. The van der Waals surface area contributed by atoms with E-state index in [4.69, 9.17) is 0 Å². The lowest BCUT2D eigenvalue weighted by atomic mass is 10.0. The van der Waals surface area contributed by atoms with Gasteiger partial charge in [-0.2, -0.15) is 0 Å². The topological polar surface area (TPSA) is 3.24 Å². The van der Waals surface area contributed by atoms with Crippen LogP contribution in [0.5, 0.6) is 0 Å².